The van der Waals surface area contributed by atoms with Crippen LogP contribution in [0.4, 0.5) is 11.4 Å². The summed E-state index contributed by atoms with van der Waals surface area (Å²) in [4.78, 5) is 24.5. The first-order chi connectivity index (χ1) is 13.9. The summed E-state index contributed by atoms with van der Waals surface area (Å²) in [6, 6.07) is 15.1. The van der Waals surface area contributed by atoms with Crippen LogP contribution >= 0.6 is 11.8 Å². The molecule has 0 saturated carbocycles. The molecule has 1 aromatic heterocycles. The summed E-state index contributed by atoms with van der Waals surface area (Å²) in [5, 5.41) is 14.5. The van der Waals surface area contributed by atoms with Gasteiger partial charge in [0.05, 0.1) is 12.2 Å². The molecule has 150 valence electrons. The summed E-state index contributed by atoms with van der Waals surface area (Å²) in [5.41, 5.74) is 3.71. The monoisotopic (exact) mass is 409 g/mol. The number of carbonyl (C=O) groups excluding carboxylic acids is 2. The Balaban J connectivity index is 1.53. The summed E-state index contributed by atoms with van der Waals surface area (Å²) in [7, 11) is 1.79. The van der Waals surface area contributed by atoms with E-state index in [9.17, 15) is 9.59 Å². The van der Waals surface area contributed by atoms with Gasteiger partial charge in [0, 0.05) is 18.4 Å². The maximum Gasteiger partial charge on any atom is 0.234 e. The Kier molecular flexibility index (Phi) is 6.66. The molecule has 3 aromatic rings. The van der Waals surface area contributed by atoms with Gasteiger partial charge in [0.2, 0.25) is 11.8 Å². The molecule has 8 heteroatoms. The third-order valence-corrected chi connectivity index (χ3v) is 5.31. The molecule has 2 amide bonds. The lowest BCUT2D eigenvalue weighted by molar-refractivity contribution is -0.116. The van der Waals surface area contributed by atoms with Crippen LogP contribution in [0.5, 0.6) is 0 Å². The Labute approximate surface area is 173 Å². The summed E-state index contributed by atoms with van der Waals surface area (Å²) in [6.07, 6.45) is 0.105. The minimum atomic E-state index is -0.171. The Morgan fingerprint density at radius 3 is 2.48 bits per heavy atom. The van der Waals surface area contributed by atoms with Crippen molar-refractivity contribution >= 4 is 35.0 Å². The van der Waals surface area contributed by atoms with E-state index in [0.29, 0.717) is 11.0 Å². The van der Waals surface area contributed by atoms with Gasteiger partial charge < -0.3 is 15.2 Å². The highest BCUT2D eigenvalue weighted by Crippen LogP contribution is 2.19. The van der Waals surface area contributed by atoms with Crippen molar-refractivity contribution in [1.29, 1.82) is 0 Å². The first-order valence-electron chi connectivity index (χ1n) is 9.15. The molecular weight excluding hydrogens is 386 g/mol. The first kappa shape index (κ1) is 20.6. The van der Waals surface area contributed by atoms with E-state index >= 15 is 0 Å². The molecule has 0 saturated heterocycles. The third kappa shape index (κ3) is 5.68. The fourth-order valence-corrected chi connectivity index (χ4v) is 3.50. The van der Waals surface area contributed by atoms with Crippen molar-refractivity contribution in [2.24, 2.45) is 7.05 Å². The average Bonchev–Trinajstić information content (AvgIpc) is 3.03. The van der Waals surface area contributed by atoms with E-state index in [1.807, 2.05) is 62.4 Å². The van der Waals surface area contributed by atoms with Gasteiger partial charge in [-0.05, 0) is 37.6 Å². The van der Waals surface area contributed by atoms with Crippen molar-refractivity contribution in [3.05, 3.63) is 65.5 Å². The zero-order chi connectivity index (χ0) is 20.8. The van der Waals surface area contributed by atoms with E-state index in [1.165, 1.54) is 11.8 Å². The van der Waals surface area contributed by atoms with Gasteiger partial charge in [-0.1, -0.05) is 47.7 Å². The number of nitrogens with one attached hydrogen (secondary N) is 2. The minimum Gasteiger partial charge on any atom is -0.326 e. The summed E-state index contributed by atoms with van der Waals surface area (Å²) < 4.78 is 1.74. The number of rotatable bonds is 7. The number of anilines is 2. The van der Waals surface area contributed by atoms with Crippen LogP contribution in [-0.2, 0) is 23.1 Å². The predicted octanol–water partition coefficient (Wildman–Crippen LogP) is 3.34. The quantitative estimate of drug-likeness (QED) is 0.584. The highest BCUT2D eigenvalue weighted by Gasteiger charge is 2.15. The van der Waals surface area contributed by atoms with Gasteiger partial charge in [0.1, 0.15) is 5.82 Å². The molecule has 0 atom stereocenters. The van der Waals surface area contributed by atoms with Crippen molar-refractivity contribution in [2.75, 3.05) is 16.4 Å². The van der Waals surface area contributed by atoms with E-state index in [1.54, 1.807) is 11.6 Å². The molecule has 0 fully saturated rings. The molecule has 2 aromatic carbocycles. The molecule has 1 heterocycles. The van der Waals surface area contributed by atoms with Crippen LogP contribution in [0.25, 0.3) is 0 Å². The second-order valence-corrected chi connectivity index (χ2v) is 7.65. The summed E-state index contributed by atoms with van der Waals surface area (Å²) in [5.74, 6) is 0.454. The van der Waals surface area contributed by atoms with Gasteiger partial charge in [0.25, 0.3) is 0 Å². The van der Waals surface area contributed by atoms with E-state index in [0.717, 1.165) is 22.5 Å². The molecule has 2 N–H and O–H groups in total. The number of nitrogens with zero attached hydrogens (tertiary/aromatic N) is 3. The van der Waals surface area contributed by atoms with E-state index < -0.39 is 0 Å². The summed E-state index contributed by atoms with van der Waals surface area (Å²) in [6.45, 7) is 3.98. The lowest BCUT2D eigenvalue weighted by atomic mass is 10.1. The van der Waals surface area contributed by atoms with Crippen LogP contribution in [-0.4, -0.2) is 32.3 Å². The van der Waals surface area contributed by atoms with Gasteiger partial charge >= 0.3 is 0 Å². The number of hydrogen-bond acceptors (Lipinski definition) is 5. The number of carbonyl (C=O) groups is 2. The minimum absolute atomic E-state index is 0.105. The molecule has 7 nitrogen and oxygen atoms in total. The Morgan fingerprint density at radius 1 is 1.00 bits per heavy atom. The lowest BCUT2D eigenvalue weighted by Crippen LogP contribution is -2.17. The topological polar surface area (TPSA) is 88.9 Å². The summed E-state index contributed by atoms with van der Waals surface area (Å²) >= 11 is 1.28. The number of benzene rings is 2. The normalized spacial score (nSPS) is 10.6. The molecular formula is C21H23N5O2S. The fourth-order valence-electron chi connectivity index (χ4n) is 2.77. The average molecular weight is 410 g/mol. The molecule has 0 unspecified atom stereocenters. The third-order valence-electron chi connectivity index (χ3n) is 4.29. The zero-order valence-electron chi connectivity index (χ0n) is 16.6. The number of aromatic nitrogens is 3. The van der Waals surface area contributed by atoms with E-state index in [4.69, 9.17) is 0 Å². The van der Waals surface area contributed by atoms with Gasteiger partial charge in [-0.15, -0.1) is 10.2 Å². The molecule has 0 bridgehead atoms. The predicted molar refractivity (Wildman–Crippen MR) is 115 cm³/mol. The van der Waals surface area contributed by atoms with Crippen molar-refractivity contribution in [2.45, 2.75) is 25.4 Å². The molecule has 0 aliphatic heterocycles. The molecule has 29 heavy (non-hydrogen) atoms. The van der Waals surface area contributed by atoms with Gasteiger partial charge in [0.15, 0.2) is 5.16 Å². The van der Waals surface area contributed by atoms with Crippen molar-refractivity contribution in [3.63, 3.8) is 0 Å². The van der Waals surface area contributed by atoms with Crippen molar-refractivity contribution < 1.29 is 9.59 Å². The van der Waals surface area contributed by atoms with E-state index in [2.05, 4.69) is 20.8 Å². The maximum absolute atomic E-state index is 12.3. The van der Waals surface area contributed by atoms with Gasteiger partial charge in [-0.2, -0.15) is 0 Å². The molecule has 0 aliphatic carbocycles. The Bertz CT molecular complexity index is 1020. The van der Waals surface area contributed by atoms with Crippen LogP contribution in [0.1, 0.15) is 17.0 Å². The Morgan fingerprint density at radius 2 is 1.76 bits per heavy atom. The molecule has 0 aliphatic rings. The largest absolute Gasteiger partial charge is 0.326 e. The molecule has 3 rings (SSSR count). The Hall–Kier alpha value is -3.13. The number of para-hydroxylation sites is 1. The highest BCUT2D eigenvalue weighted by molar-refractivity contribution is 7.99. The number of hydrogen-bond donors (Lipinski definition) is 2. The number of thioether (sulfide) groups is 1. The van der Waals surface area contributed by atoms with Crippen LogP contribution in [0, 0.1) is 13.8 Å². The van der Waals surface area contributed by atoms with Gasteiger partial charge in [-0.25, -0.2) is 0 Å². The molecule has 0 radical (unpaired) electrons. The number of aryl methyl sites for hydroxylation is 2. The SMILES string of the molecule is Cc1ccc(NC(=O)CSc2nnc(CC(=O)Nc3ccccc3)n2C)c(C)c1. The second-order valence-electron chi connectivity index (χ2n) is 6.70. The van der Waals surface area contributed by atoms with Crippen LogP contribution in [0.3, 0.4) is 0 Å². The van der Waals surface area contributed by atoms with Crippen LogP contribution in [0.2, 0.25) is 0 Å². The van der Waals surface area contributed by atoms with Crippen LogP contribution < -0.4 is 10.6 Å². The standard InChI is InChI=1S/C21H23N5O2S/c1-14-9-10-17(15(2)11-14)23-20(28)13-29-21-25-24-18(26(21)3)12-19(27)22-16-7-5-4-6-8-16/h4-11H,12-13H2,1-3H3,(H,22,27)(H,23,28). The molecule has 0 spiro atoms. The van der Waals surface area contributed by atoms with Crippen molar-refractivity contribution in [3.8, 4) is 0 Å². The number of amides is 2. The van der Waals surface area contributed by atoms with Crippen molar-refractivity contribution in [1.82, 2.24) is 14.8 Å². The fraction of sp³-hybridized carbons (Fsp3) is 0.238. The first-order valence-corrected chi connectivity index (χ1v) is 10.1. The maximum atomic E-state index is 12.3. The second kappa shape index (κ2) is 9.38. The van der Waals surface area contributed by atoms with E-state index in [-0.39, 0.29) is 24.0 Å². The van der Waals surface area contributed by atoms with Crippen LogP contribution in [0.15, 0.2) is 53.7 Å². The zero-order valence-corrected chi connectivity index (χ0v) is 17.4. The van der Waals surface area contributed by atoms with Gasteiger partial charge in [-0.3, -0.25) is 9.59 Å². The highest BCUT2D eigenvalue weighted by atomic mass is 32.2. The smallest absolute Gasteiger partial charge is 0.234 e. The lowest BCUT2D eigenvalue weighted by Gasteiger charge is -2.09.